The topological polar surface area (TPSA) is 12.0 Å². The van der Waals surface area contributed by atoms with Crippen LogP contribution in [0.25, 0.3) is 0 Å². The minimum atomic E-state index is -0.509. The summed E-state index contributed by atoms with van der Waals surface area (Å²) in [5.74, 6) is -0.938. The molecule has 17 heavy (non-hydrogen) atoms. The maximum absolute atomic E-state index is 13.3. The van der Waals surface area contributed by atoms with Gasteiger partial charge in [-0.1, -0.05) is 19.4 Å². The minimum Gasteiger partial charge on any atom is -0.317 e. The molecule has 3 heteroatoms. The molecule has 0 aliphatic rings. The van der Waals surface area contributed by atoms with E-state index in [0.717, 1.165) is 31.7 Å². The van der Waals surface area contributed by atoms with Crippen molar-refractivity contribution in [3.8, 4) is 0 Å². The lowest BCUT2D eigenvalue weighted by Crippen LogP contribution is -2.24. The lowest BCUT2D eigenvalue weighted by molar-refractivity contribution is 0.466. The highest BCUT2D eigenvalue weighted by Gasteiger charge is 2.07. The first-order valence-electron chi connectivity index (χ1n) is 6.28. The maximum Gasteiger partial charge on any atom is 0.129 e. The molecule has 1 unspecified atom stereocenters. The van der Waals surface area contributed by atoms with Crippen LogP contribution in [0.15, 0.2) is 18.2 Å². The predicted octanol–water partition coefficient (Wildman–Crippen LogP) is 3.68. The first-order chi connectivity index (χ1) is 8.17. The van der Waals surface area contributed by atoms with Crippen molar-refractivity contribution in [2.45, 2.75) is 45.1 Å². The molecule has 0 aromatic heterocycles. The quantitative estimate of drug-likeness (QED) is 0.768. The van der Waals surface area contributed by atoms with E-state index < -0.39 is 11.6 Å². The number of halogens is 2. The Morgan fingerprint density at radius 2 is 2.00 bits per heavy atom. The van der Waals surface area contributed by atoms with E-state index in [4.69, 9.17) is 0 Å². The monoisotopic (exact) mass is 241 g/mol. The molecule has 0 aliphatic carbocycles. The van der Waals surface area contributed by atoms with Crippen LogP contribution in [-0.4, -0.2) is 13.1 Å². The molecule has 0 radical (unpaired) electrons. The second kappa shape index (κ2) is 7.38. The molecule has 0 bridgehead atoms. The summed E-state index contributed by atoms with van der Waals surface area (Å²) in [6, 6.07) is 4.32. The summed E-state index contributed by atoms with van der Waals surface area (Å²) < 4.78 is 26.1. The fourth-order valence-corrected chi connectivity index (χ4v) is 2.04. The van der Waals surface area contributed by atoms with Crippen molar-refractivity contribution in [2.24, 2.45) is 0 Å². The fraction of sp³-hybridized carbons (Fsp3) is 0.571. The van der Waals surface area contributed by atoms with E-state index in [1.54, 1.807) is 6.07 Å². The fourth-order valence-electron chi connectivity index (χ4n) is 2.04. The first kappa shape index (κ1) is 14.1. The molecular formula is C14H21F2N. The molecule has 1 aromatic carbocycles. The molecule has 0 saturated carbocycles. The largest absolute Gasteiger partial charge is 0.317 e. The third-order valence-corrected chi connectivity index (χ3v) is 3.06. The van der Waals surface area contributed by atoms with Crippen LogP contribution >= 0.6 is 0 Å². The van der Waals surface area contributed by atoms with Crippen molar-refractivity contribution in [2.75, 3.05) is 7.05 Å². The minimum absolute atomic E-state index is 0.429. The molecule has 1 nitrogen and oxygen atoms in total. The lowest BCUT2D eigenvalue weighted by atomic mass is 10.0. The highest BCUT2D eigenvalue weighted by Crippen LogP contribution is 2.14. The van der Waals surface area contributed by atoms with Gasteiger partial charge in [0.25, 0.3) is 0 Å². The number of aryl methyl sites for hydroxylation is 1. The summed E-state index contributed by atoms with van der Waals surface area (Å²) in [5.41, 5.74) is 0.609. The second-order valence-corrected chi connectivity index (χ2v) is 4.40. The van der Waals surface area contributed by atoms with E-state index in [2.05, 4.69) is 12.2 Å². The molecule has 1 N–H and O–H groups in total. The molecule has 1 atom stereocenters. The lowest BCUT2D eigenvalue weighted by Gasteiger charge is -2.14. The van der Waals surface area contributed by atoms with Gasteiger partial charge in [0.05, 0.1) is 0 Å². The van der Waals surface area contributed by atoms with Gasteiger partial charge in [-0.25, -0.2) is 8.78 Å². The summed E-state index contributed by atoms with van der Waals surface area (Å²) in [5, 5.41) is 3.26. The van der Waals surface area contributed by atoms with Crippen LogP contribution in [-0.2, 0) is 6.42 Å². The number of hydrogen-bond acceptors (Lipinski definition) is 1. The molecule has 0 saturated heterocycles. The van der Waals surface area contributed by atoms with Crippen molar-refractivity contribution < 1.29 is 8.78 Å². The molecule has 1 rings (SSSR count). The Bertz CT molecular complexity index is 339. The summed E-state index contributed by atoms with van der Waals surface area (Å²) >= 11 is 0. The first-order valence-corrected chi connectivity index (χ1v) is 6.28. The normalized spacial score (nSPS) is 12.7. The molecule has 96 valence electrons. The van der Waals surface area contributed by atoms with Gasteiger partial charge in [-0.2, -0.15) is 0 Å². The van der Waals surface area contributed by atoms with Gasteiger partial charge in [0.1, 0.15) is 11.6 Å². The van der Waals surface area contributed by atoms with Gasteiger partial charge in [-0.05, 0) is 44.4 Å². The van der Waals surface area contributed by atoms with Crippen LogP contribution in [0.2, 0.25) is 0 Å². The third kappa shape index (κ3) is 4.82. The Hall–Kier alpha value is -0.960. The average Bonchev–Trinajstić information content (AvgIpc) is 2.30. The Morgan fingerprint density at radius 1 is 1.24 bits per heavy atom. The van der Waals surface area contributed by atoms with Gasteiger partial charge in [-0.3, -0.25) is 0 Å². The van der Waals surface area contributed by atoms with E-state index in [9.17, 15) is 8.78 Å². The van der Waals surface area contributed by atoms with Crippen molar-refractivity contribution in [1.29, 1.82) is 0 Å². The summed E-state index contributed by atoms with van der Waals surface area (Å²) in [7, 11) is 1.96. The number of rotatable bonds is 7. The van der Waals surface area contributed by atoms with Gasteiger partial charge < -0.3 is 5.32 Å². The van der Waals surface area contributed by atoms with Crippen LogP contribution in [0.1, 0.15) is 38.2 Å². The van der Waals surface area contributed by atoms with Gasteiger partial charge in [0.2, 0.25) is 0 Å². The Morgan fingerprint density at radius 3 is 2.59 bits per heavy atom. The van der Waals surface area contributed by atoms with E-state index in [0.29, 0.717) is 18.0 Å². The van der Waals surface area contributed by atoms with Gasteiger partial charge in [0.15, 0.2) is 0 Å². The van der Waals surface area contributed by atoms with E-state index >= 15 is 0 Å². The standard InChI is InChI=1S/C14H21F2N/c1-3-5-13(17-2)7-4-6-11-8-9-12(15)10-14(11)16/h8-10,13,17H,3-7H2,1-2H3. The van der Waals surface area contributed by atoms with Crippen LogP contribution in [0.3, 0.4) is 0 Å². The molecular weight excluding hydrogens is 220 g/mol. The molecule has 0 spiro atoms. The second-order valence-electron chi connectivity index (χ2n) is 4.40. The average molecular weight is 241 g/mol. The summed E-state index contributed by atoms with van der Waals surface area (Å²) in [4.78, 5) is 0. The SMILES string of the molecule is CCCC(CCCc1ccc(F)cc1F)NC. The molecule has 0 heterocycles. The van der Waals surface area contributed by atoms with Crippen LogP contribution in [0, 0.1) is 11.6 Å². The Kier molecular flexibility index (Phi) is 6.12. The van der Waals surface area contributed by atoms with Crippen molar-refractivity contribution in [3.63, 3.8) is 0 Å². The zero-order valence-corrected chi connectivity index (χ0v) is 10.6. The Balaban J connectivity index is 2.39. The van der Waals surface area contributed by atoms with Gasteiger partial charge in [-0.15, -0.1) is 0 Å². The maximum atomic E-state index is 13.3. The predicted molar refractivity (Wildman–Crippen MR) is 67.1 cm³/mol. The number of hydrogen-bond donors (Lipinski definition) is 1. The smallest absolute Gasteiger partial charge is 0.129 e. The van der Waals surface area contributed by atoms with Crippen molar-refractivity contribution in [3.05, 3.63) is 35.4 Å². The third-order valence-electron chi connectivity index (χ3n) is 3.06. The summed E-state index contributed by atoms with van der Waals surface area (Å²) in [6.45, 7) is 2.16. The van der Waals surface area contributed by atoms with Crippen molar-refractivity contribution >= 4 is 0 Å². The molecule has 1 aromatic rings. The Labute approximate surface area is 102 Å². The van der Waals surface area contributed by atoms with Crippen LogP contribution in [0.4, 0.5) is 8.78 Å². The highest BCUT2D eigenvalue weighted by molar-refractivity contribution is 5.18. The van der Waals surface area contributed by atoms with Crippen LogP contribution in [0.5, 0.6) is 0 Å². The zero-order valence-electron chi connectivity index (χ0n) is 10.6. The van der Waals surface area contributed by atoms with E-state index in [-0.39, 0.29) is 0 Å². The number of benzene rings is 1. The van der Waals surface area contributed by atoms with Crippen LogP contribution < -0.4 is 5.32 Å². The highest BCUT2D eigenvalue weighted by atomic mass is 19.1. The van der Waals surface area contributed by atoms with Gasteiger partial charge in [0, 0.05) is 12.1 Å². The molecule has 0 fully saturated rings. The molecule has 0 aliphatic heterocycles. The van der Waals surface area contributed by atoms with Gasteiger partial charge >= 0.3 is 0 Å². The summed E-state index contributed by atoms with van der Waals surface area (Å²) in [6.07, 6.45) is 4.92. The van der Waals surface area contributed by atoms with E-state index in [1.165, 1.54) is 6.07 Å². The van der Waals surface area contributed by atoms with Crippen molar-refractivity contribution in [1.82, 2.24) is 5.32 Å². The zero-order chi connectivity index (χ0) is 12.7. The number of nitrogens with one attached hydrogen (secondary N) is 1. The molecule has 0 amide bonds. The van der Waals surface area contributed by atoms with E-state index in [1.807, 2.05) is 7.05 Å².